The van der Waals surface area contributed by atoms with Crippen LogP contribution in [0.4, 0.5) is 0 Å². The standard InChI is InChI=1S/C14H13NO2/c15-14(17)12-9-5-4-8-11(12)13(16)10-6-2-1-3-7-10/h1-9,13,16H,(H2,15,17). The molecule has 0 aliphatic rings. The molecule has 0 saturated carbocycles. The quantitative estimate of drug-likeness (QED) is 0.840. The smallest absolute Gasteiger partial charge is 0.249 e. The van der Waals surface area contributed by atoms with E-state index in [2.05, 4.69) is 0 Å². The highest BCUT2D eigenvalue weighted by Gasteiger charge is 2.16. The molecular formula is C14H13NO2. The van der Waals surface area contributed by atoms with Crippen LogP contribution in [0.3, 0.4) is 0 Å². The molecule has 0 aliphatic carbocycles. The van der Waals surface area contributed by atoms with E-state index in [1.165, 1.54) is 0 Å². The van der Waals surface area contributed by atoms with Gasteiger partial charge in [-0.05, 0) is 17.2 Å². The predicted octanol–water partition coefficient (Wildman–Crippen LogP) is 1.87. The first kappa shape index (κ1) is 11.4. The van der Waals surface area contributed by atoms with E-state index in [-0.39, 0.29) is 0 Å². The number of amides is 1. The van der Waals surface area contributed by atoms with Crippen molar-refractivity contribution in [3.63, 3.8) is 0 Å². The molecule has 86 valence electrons. The Kier molecular flexibility index (Phi) is 3.21. The Morgan fingerprint density at radius 3 is 2.24 bits per heavy atom. The van der Waals surface area contributed by atoms with Crippen LogP contribution in [0.2, 0.25) is 0 Å². The van der Waals surface area contributed by atoms with Crippen LogP contribution in [0.1, 0.15) is 27.6 Å². The van der Waals surface area contributed by atoms with E-state index in [4.69, 9.17) is 5.73 Å². The summed E-state index contributed by atoms with van der Waals surface area (Å²) in [6.45, 7) is 0. The van der Waals surface area contributed by atoms with Gasteiger partial charge in [0.2, 0.25) is 5.91 Å². The molecule has 0 aliphatic heterocycles. The maximum atomic E-state index is 11.3. The molecule has 0 radical (unpaired) electrons. The molecule has 0 bridgehead atoms. The zero-order valence-corrected chi connectivity index (χ0v) is 9.21. The molecule has 3 nitrogen and oxygen atoms in total. The van der Waals surface area contributed by atoms with Gasteiger partial charge in [0.1, 0.15) is 6.10 Å². The van der Waals surface area contributed by atoms with Crippen LogP contribution in [-0.4, -0.2) is 11.0 Å². The van der Waals surface area contributed by atoms with Crippen molar-refractivity contribution in [2.45, 2.75) is 6.10 Å². The van der Waals surface area contributed by atoms with E-state index < -0.39 is 12.0 Å². The highest BCUT2D eigenvalue weighted by atomic mass is 16.3. The molecule has 0 aromatic heterocycles. The maximum absolute atomic E-state index is 11.3. The van der Waals surface area contributed by atoms with Gasteiger partial charge < -0.3 is 10.8 Å². The highest BCUT2D eigenvalue weighted by molar-refractivity contribution is 5.94. The van der Waals surface area contributed by atoms with Crippen LogP contribution in [0, 0.1) is 0 Å². The number of carbonyl (C=O) groups is 1. The lowest BCUT2D eigenvalue weighted by Crippen LogP contribution is -2.15. The molecule has 0 saturated heterocycles. The summed E-state index contributed by atoms with van der Waals surface area (Å²) in [6.07, 6.45) is -0.833. The van der Waals surface area contributed by atoms with Gasteiger partial charge >= 0.3 is 0 Å². The topological polar surface area (TPSA) is 63.3 Å². The monoisotopic (exact) mass is 227 g/mol. The van der Waals surface area contributed by atoms with Gasteiger partial charge in [-0.3, -0.25) is 4.79 Å². The number of primary amides is 1. The van der Waals surface area contributed by atoms with Gasteiger partial charge in [-0.25, -0.2) is 0 Å². The second-order valence-electron chi connectivity index (χ2n) is 3.76. The van der Waals surface area contributed by atoms with E-state index in [0.29, 0.717) is 11.1 Å². The van der Waals surface area contributed by atoms with E-state index in [9.17, 15) is 9.90 Å². The number of nitrogens with two attached hydrogens (primary N) is 1. The summed E-state index contributed by atoms with van der Waals surface area (Å²) in [6, 6.07) is 16.0. The minimum atomic E-state index is -0.833. The van der Waals surface area contributed by atoms with E-state index in [0.717, 1.165) is 5.56 Å². The van der Waals surface area contributed by atoms with Crippen molar-refractivity contribution in [2.75, 3.05) is 0 Å². The molecule has 2 aromatic carbocycles. The second-order valence-corrected chi connectivity index (χ2v) is 3.76. The Bertz CT molecular complexity index is 523. The Morgan fingerprint density at radius 2 is 1.59 bits per heavy atom. The number of aliphatic hydroxyl groups is 1. The molecule has 0 heterocycles. The van der Waals surface area contributed by atoms with Gasteiger partial charge in [0, 0.05) is 5.56 Å². The zero-order valence-electron chi connectivity index (χ0n) is 9.21. The molecule has 1 unspecified atom stereocenters. The first-order chi connectivity index (χ1) is 8.20. The van der Waals surface area contributed by atoms with Crippen molar-refractivity contribution >= 4 is 5.91 Å². The van der Waals surface area contributed by atoms with E-state index in [1.54, 1.807) is 24.3 Å². The summed E-state index contributed by atoms with van der Waals surface area (Å²) in [5.74, 6) is -0.532. The fraction of sp³-hybridized carbons (Fsp3) is 0.0714. The third-order valence-corrected chi connectivity index (χ3v) is 2.64. The fourth-order valence-corrected chi connectivity index (χ4v) is 1.77. The number of hydrogen-bond donors (Lipinski definition) is 2. The molecule has 0 spiro atoms. The lowest BCUT2D eigenvalue weighted by Gasteiger charge is -2.14. The van der Waals surface area contributed by atoms with Crippen molar-refractivity contribution in [2.24, 2.45) is 5.73 Å². The van der Waals surface area contributed by atoms with E-state index >= 15 is 0 Å². The van der Waals surface area contributed by atoms with Gasteiger partial charge in [-0.1, -0.05) is 48.5 Å². The normalized spacial score (nSPS) is 12.1. The third kappa shape index (κ3) is 2.34. The lowest BCUT2D eigenvalue weighted by atomic mass is 9.96. The summed E-state index contributed by atoms with van der Waals surface area (Å²) in [5.41, 5.74) is 6.90. The molecule has 3 N–H and O–H groups in total. The molecule has 2 rings (SSSR count). The van der Waals surface area contributed by atoms with Crippen LogP contribution in [-0.2, 0) is 0 Å². The summed E-state index contributed by atoms with van der Waals surface area (Å²) >= 11 is 0. The number of hydrogen-bond acceptors (Lipinski definition) is 2. The van der Waals surface area contributed by atoms with Gasteiger partial charge in [0.05, 0.1) is 0 Å². The minimum Gasteiger partial charge on any atom is -0.384 e. The van der Waals surface area contributed by atoms with Crippen molar-refractivity contribution in [1.29, 1.82) is 0 Å². The SMILES string of the molecule is NC(=O)c1ccccc1C(O)c1ccccc1. The third-order valence-electron chi connectivity index (χ3n) is 2.64. The predicted molar refractivity (Wildman–Crippen MR) is 65.5 cm³/mol. The van der Waals surface area contributed by atoms with Crippen molar-refractivity contribution in [1.82, 2.24) is 0 Å². The summed E-state index contributed by atoms with van der Waals surface area (Å²) in [4.78, 5) is 11.3. The lowest BCUT2D eigenvalue weighted by molar-refractivity contribution is 0.0995. The van der Waals surface area contributed by atoms with Crippen LogP contribution < -0.4 is 5.73 Å². The molecule has 1 amide bonds. The second kappa shape index (κ2) is 4.80. The zero-order chi connectivity index (χ0) is 12.3. The van der Waals surface area contributed by atoms with Crippen molar-refractivity contribution in [3.8, 4) is 0 Å². The molecule has 0 fully saturated rings. The van der Waals surface area contributed by atoms with Crippen molar-refractivity contribution in [3.05, 3.63) is 71.3 Å². The van der Waals surface area contributed by atoms with Gasteiger partial charge in [0.15, 0.2) is 0 Å². The molecule has 17 heavy (non-hydrogen) atoms. The summed E-state index contributed by atoms with van der Waals surface area (Å²) in [7, 11) is 0. The maximum Gasteiger partial charge on any atom is 0.249 e. The van der Waals surface area contributed by atoms with Crippen LogP contribution in [0.5, 0.6) is 0 Å². The first-order valence-corrected chi connectivity index (χ1v) is 5.32. The molecule has 3 heteroatoms. The van der Waals surface area contributed by atoms with Crippen LogP contribution in [0.15, 0.2) is 54.6 Å². The number of rotatable bonds is 3. The minimum absolute atomic E-state index is 0.351. The first-order valence-electron chi connectivity index (χ1n) is 5.32. The van der Waals surface area contributed by atoms with Crippen molar-refractivity contribution < 1.29 is 9.90 Å². The highest BCUT2D eigenvalue weighted by Crippen LogP contribution is 2.24. The Morgan fingerprint density at radius 1 is 1.00 bits per heavy atom. The number of benzene rings is 2. The Hall–Kier alpha value is -2.13. The van der Waals surface area contributed by atoms with Gasteiger partial charge in [-0.2, -0.15) is 0 Å². The number of carbonyl (C=O) groups excluding carboxylic acids is 1. The van der Waals surface area contributed by atoms with Crippen LogP contribution >= 0.6 is 0 Å². The Labute approximate surface area is 99.5 Å². The van der Waals surface area contributed by atoms with E-state index in [1.807, 2.05) is 30.3 Å². The molecule has 1 atom stereocenters. The Balaban J connectivity index is 2.44. The largest absolute Gasteiger partial charge is 0.384 e. The fourth-order valence-electron chi connectivity index (χ4n) is 1.77. The van der Waals surface area contributed by atoms with Crippen LogP contribution in [0.25, 0.3) is 0 Å². The average Bonchev–Trinajstić information content (AvgIpc) is 2.39. The molecular weight excluding hydrogens is 214 g/mol. The summed E-state index contributed by atoms with van der Waals surface area (Å²) in [5, 5.41) is 10.2. The van der Waals surface area contributed by atoms with Gasteiger partial charge in [0.25, 0.3) is 0 Å². The average molecular weight is 227 g/mol. The summed E-state index contributed by atoms with van der Waals surface area (Å²) < 4.78 is 0. The number of aliphatic hydroxyl groups excluding tert-OH is 1. The van der Waals surface area contributed by atoms with Gasteiger partial charge in [-0.15, -0.1) is 0 Å². The molecule has 2 aromatic rings.